The fraction of sp³-hybridized carbons (Fsp3) is 0.500. The summed E-state index contributed by atoms with van der Waals surface area (Å²) in [7, 11) is 1.88. The number of hydrogen-bond donors (Lipinski definition) is 1. The molecule has 27 heavy (non-hydrogen) atoms. The monoisotopic (exact) mass is 405 g/mol. The first kappa shape index (κ1) is 18.7. The van der Waals surface area contributed by atoms with Crippen molar-refractivity contribution < 1.29 is 9.90 Å². The highest BCUT2D eigenvalue weighted by Gasteiger charge is 2.58. The highest BCUT2D eigenvalue weighted by atomic mass is 35.5. The Morgan fingerprint density at radius 1 is 1.44 bits per heavy atom. The molecule has 2 heterocycles. The van der Waals surface area contributed by atoms with Crippen molar-refractivity contribution in [2.75, 3.05) is 20.1 Å². The van der Waals surface area contributed by atoms with E-state index in [9.17, 15) is 9.90 Å². The number of thiazole rings is 1. The first-order valence-electron chi connectivity index (χ1n) is 9.29. The molecule has 1 N–H and O–H groups in total. The highest BCUT2D eigenvalue weighted by Crippen LogP contribution is 2.60. The predicted molar refractivity (Wildman–Crippen MR) is 107 cm³/mol. The Labute approximate surface area is 168 Å². The number of aromatic hydroxyl groups is 1. The molecule has 0 bridgehead atoms. The molecule has 7 heteroatoms. The number of likely N-dealkylation sites (tertiary alicyclic amines) is 1. The molecule has 0 unspecified atom stereocenters. The summed E-state index contributed by atoms with van der Waals surface area (Å²) in [4.78, 5) is 21.2. The number of amides is 1. The van der Waals surface area contributed by atoms with Crippen LogP contribution in [0.25, 0.3) is 0 Å². The molecule has 1 aliphatic heterocycles. The summed E-state index contributed by atoms with van der Waals surface area (Å²) in [6.45, 7) is 3.19. The second-order valence-corrected chi connectivity index (χ2v) is 9.00. The molecule has 4 rings (SSSR count). The first-order valence-corrected chi connectivity index (χ1v) is 10.6. The van der Waals surface area contributed by atoms with Gasteiger partial charge in [-0.2, -0.15) is 0 Å². The van der Waals surface area contributed by atoms with Crippen molar-refractivity contribution in [3.8, 4) is 5.75 Å². The Bertz CT molecular complexity index is 819. The summed E-state index contributed by atoms with van der Waals surface area (Å²) in [5.74, 6) is 0.703. The number of nitrogens with zero attached hydrogens (tertiary/aromatic N) is 3. The van der Waals surface area contributed by atoms with Crippen LogP contribution in [0.15, 0.2) is 29.1 Å². The summed E-state index contributed by atoms with van der Waals surface area (Å²) in [6.07, 6.45) is 3.08. The van der Waals surface area contributed by atoms with Crippen LogP contribution in [-0.4, -0.2) is 45.9 Å². The molecule has 1 saturated heterocycles. The second kappa shape index (κ2) is 7.41. The third-order valence-electron chi connectivity index (χ3n) is 6.03. The summed E-state index contributed by atoms with van der Waals surface area (Å²) < 4.78 is 0. The van der Waals surface area contributed by atoms with Crippen LogP contribution < -0.4 is 0 Å². The maximum atomic E-state index is 12.8. The minimum Gasteiger partial charge on any atom is -0.508 e. The van der Waals surface area contributed by atoms with E-state index in [0.29, 0.717) is 23.9 Å². The molecule has 0 radical (unpaired) electrons. The van der Waals surface area contributed by atoms with Gasteiger partial charge in [0, 0.05) is 35.5 Å². The van der Waals surface area contributed by atoms with E-state index in [0.717, 1.165) is 43.6 Å². The molecular formula is C20H24ClN3O2S. The number of halogens is 1. The van der Waals surface area contributed by atoms with Gasteiger partial charge >= 0.3 is 0 Å². The maximum absolute atomic E-state index is 12.8. The van der Waals surface area contributed by atoms with Crippen LogP contribution in [0.4, 0.5) is 0 Å². The Balaban J connectivity index is 1.30. The predicted octanol–water partition coefficient (Wildman–Crippen LogP) is 3.76. The zero-order chi connectivity index (χ0) is 19.0. The number of piperidine rings is 1. The SMILES string of the molecule is CN(Cc1cscn1)C(=O)[C@@H]1CC12CCN(Cc1cc(Cl)ccc1O)CC2. The van der Waals surface area contributed by atoms with Gasteiger partial charge in [0.05, 0.1) is 17.7 Å². The van der Waals surface area contributed by atoms with Gasteiger partial charge in [-0.25, -0.2) is 4.98 Å². The van der Waals surface area contributed by atoms with Crippen LogP contribution in [0.1, 0.15) is 30.5 Å². The van der Waals surface area contributed by atoms with Gasteiger partial charge in [-0.05, 0) is 56.0 Å². The Morgan fingerprint density at radius 2 is 2.22 bits per heavy atom. The lowest BCUT2D eigenvalue weighted by molar-refractivity contribution is -0.133. The van der Waals surface area contributed by atoms with Gasteiger partial charge in [-0.3, -0.25) is 9.69 Å². The van der Waals surface area contributed by atoms with Crippen LogP contribution in [0.2, 0.25) is 5.02 Å². The number of aromatic nitrogens is 1. The van der Waals surface area contributed by atoms with Gasteiger partial charge in [0.15, 0.2) is 0 Å². The van der Waals surface area contributed by atoms with Gasteiger partial charge in [0.25, 0.3) is 0 Å². The van der Waals surface area contributed by atoms with Crippen molar-refractivity contribution >= 4 is 28.8 Å². The van der Waals surface area contributed by atoms with E-state index in [2.05, 4.69) is 9.88 Å². The lowest BCUT2D eigenvalue weighted by atomic mass is 9.90. The molecule has 1 aromatic heterocycles. The molecule has 5 nitrogen and oxygen atoms in total. The summed E-state index contributed by atoms with van der Waals surface area (Å²) in [5.41, 5.74) is 3.81. The van der Waals surface area contributed by atoms with Crippen molar-refractivity contribution in [2.45, 2.75) is 32.4 Å². The second-order valence-electron chi connectivity index (χ2n) is 7.84. The quantitative estimate of drug-likeness (QED) is 0.822. The first-order chi connectivity index (χ1) is 13.0. The summed E-state index contributed by atoms with van der Waals surface area (Å²) in [5, 5.41) is 12.7. The topological polar surface area (TPSA) is 56.7 Å². The van der Waals surface area contributed by atoms with E-state index >= 15 is 0 Å². The standard InChI is InChI=1S/C20H24ClN3O2S/c1-23(11-16-12-27-13-22-16)19(26)17-9-20(17)4-6-24(7-5-20)10-14-8-15(21)2-3-18(14)25/h2-3,8,12-13,17,25H,4-7,9-11H2,1H3/t17-/m0/s1. The average molecular weight is 406 g/mol. The number of phenols is 1. The van der Waals surface area contributed by atoms with Crippen LogP contribution in [0.5, 0.6) is 5.75 Å². The van der Waals surface area contributed by atoms with E-state index < -0.39 is 0 Å². The molecule has 2 aliphatic rings. The molecule has 1 amide bonds. The number of carbonyl (C=O) groups excluding carboxylic acids is 1. The minimum absolute atomic E-state index is 0.155. The third-order valence-corrected chi connectivity index (χ3v) is 6.90. The average Bonchev–Trinajstić information content (AvgIpc) is 3.09. The molecular weight excluding hydrogens is 382 g/mol. The number of benzene rings is 1. The molecule has 1 atom stereocenters. The van der Waals surface area contributed by atoms with Crippen molar-refractivity contribution in [3.63, 3.8) is 0 Å². The van der Waals surface area contributed by atoms with Crippen LogP contribution in [0, 0.1) is 11.3 Å². The number of rotatable bonds is 5. The van der Waals surface area contributed by atoms with Crippen molar-refractivity contribution in [2.24, 2.45) is 11.3 Å². The van der Waals surface area contributed by atoms with Crippen LogP contribution in [0.3, 0.4) is 0 Å². The fourth-order valence-electron chi connectivity index (χ4n) is 4.23. The summed E-state index contributed by atoms with van der Waals surface area (Å²) in [6, 6.07) is 5.18. The van der Waals surface area contributed by atoms with Crippen molar-refractivity contribution in [1.82, 2.24) is 14.8 Å². The van der Waals surface area contributed by atoms with Gasteiger partial charge in [0.2, 0.25) is 5.91 Å². The molecule has 2 fully saturated rings. The highest BCUT2D eigenvalue weighted by molar-refractivity contribution is 7.07. The Kier molecular flexibility index (Phi) is 5.14. The lowest BCUT2D eigenvalue weighted by Crippen LogP contribution is -2.37. The fourth-order valence-corrected chi connectivity index (χ4v) is 4.97. The van der Waals surface area contributed by atoms with Gasteiger partial charge in [-0.1, -0.05) is 11.6 Å². The Morgan fingerprint density at radius 3 is 2.93 bits per heavy atom. The zero-order valence-electron chi connectivity index (χ0n) is 15.4. The zero-order valence-corrected chi connectivity index (χ0v) is 17.0. The largest absolute Gasteiger partial charge is 0.508 e. The molecule has 1 aromatic carbocycles. The normalized spacial score (nSPS) is 21.3. The number of hydrogen-bond acceptors (Lipinski definition) is 5. The lowest BCUT2D eigenvalue weighted by Gasteiger charge is -2.33. The number of phenolic OH excluding ortho intramolecular Hbond substituents is 1. The minimum atomic E-state index is 0.155. The van der Waals surface area contributed by atoms with Gasteiger partial charge in [-0.15, -0.1) is 11.3 Å². The molecule has 2 aromatic rings. The van der Waals surface area contributed by atoms with E-state index in [1.54, 1.807) is 29.0 Å². The van der Waals surface area contributed by atoms with E-state index in [1.807, 2.05) is 23.4 Å². The van der Waals surface area contributed by atoms with Gasteiger partial charge < -0.3 is 10.0 Å². The van der Waals surface area contributed by atoms with E-state index in [4.69, 9.17) is 11.6 Å². The Hall–Kier alpha value is -1.63. The molecule has 1 aliphatic carbocycles. The van der Waals surface area contributed by atoms with Crippen molar-refractivity contribution in [1.29, 1.82) is 0 Å². The smallest absolute Gasteiger partial charge is 0.226 e. The van der Waals surface area contributed by atoms with Crippen LogP contribution in [-0.2, 0) is 17.9 Å². The van der Waals surface area contributed by atoms with Crippen molar-refractivity contribution in [3.05, 3.63) is 45.4 Å². The maximum Gasteiger partial charge on any atom is 0.226 e. The van der Waals surface area contributed by atoms with Gasteiger partial charge in [0.1, 0.15) is 5.75 Å². The van der Waals surface area contributed by atoms with Crippen LogP contribution >= 0.6 is 22.9 Å². The third kappa shape index (κ3) is 3.98. The van der Waals surface area contributed by atoms with E-state index in [1.165, 1.54) is 0 Å². The van der Waals surface area contributed by atoms with E-state index in [-0.39, 0.29) is 17.2 Å². The molecule has 144 valence electrons. The molecule has 1 spiro atoms. The number of carbonyl (C=O) groups is 1. The molecule has 1 saturated carbocycles. The summed E-state index contributed by atoms with van der Waals surface area (Å²) >= 11 is 7.61.